The highest BCUT2D eigenvalue weighted by molar-refractivity contribution is 6.04. The molecule has 114 valence electrons. The molecule has 0 spiro atoms. The van der Waals surface area contributed by atoms with Crippen LogP contribution in [0.25, 0.3) is 11.1 Å². The first-order chi connectivity index (χ1) is 10.0. The van der Waals surface area contributed by atoms with Crippen LogP contribution < -0.4 is 5.32 Å². The number of carbonyl (C=O) groups excluding carboxylic acids is 1. The number of anilines is 1. The third-order valence-electron chi connectivity index (χ3n) is 2.93. The van der Waals surface area contributed by atoms with Crippen LogP contribution in [0.3, 0.4) is 0 Å². The summed E-state index contributed by atoms with van der Waals surface area (Å²) in [6.07, 6.45) is 0.991. The lowest BCUT2D eigenvalue weighted by molar-refractivity contribution is 0.0517. The van der Waals surface area contributed by atoms with Crippen molar-refractivity contribution >= 4 is 22.9 Å². The molecule has 1 N–H and O–H groups in total. The van der Waals surface area contributed by atoms with E-state index in [0.717, 1.165) is 13.0 Å². The van der Waals surface area contributed by atoms with Crippen molar-refractivity contribution in [3.8, 4) is 0 Å². The molecule has 2 heterocycles. The van der Waals surface area contributed by atoms with Gasteiger partial charge in [0.1, 0.15) is 17.0 Å². The van der Waals surface area contributed by atoms with Gasteiger partial charge in [-0.25, -0.2) is 9.78 Å². The largest absolute Gasteiger partial charge is 0.461 e. The Bertz CT molecular complexity index is 636. The van der Waals surface area contributed by atoms with E-state index in [1.54, 1.807) is 13.8 Å². The fraction of sp³-hybridized carbons (Fsp3) is 0.571. The molecule has 0 fully saturated rings. The summed E-state index contributed by atoms with van der Waals surface area (Å²) in [4.78, 5) is 20.4. The molecule has 0 aliphatic heterocycles. The lowest BCUT2D eigenvalue weighted by Crippen LogP contribution is -2.10. The van der Waals surface area contributed by atoms with Gasteiger partial charge in [-0.2, -0.15) is 4.98 Å². The number of aromatic nitrogens is 3. The summed E-state index contributed by atoms with van der Waals surface area (Å²) in [6, 6.07) is 0. The van der Waals surface area contributed by atoms with Gasteiger partial charge in [0, 0.05) is 6.54 Å². The number of esters is 1. The fourth-order valence-electron chi connectivity index (χ4n) is 1.91. The Morgan fingerprint density at radius 3 is 2.81 bits per heavy atom. The van der Waals surface area contributed by atoms with Gasteiger partial charge >= 0.3 is 5.97 Å². The minimum atomic E-state index is -0.532. The molecule has 2 aromatic rings. The number of ether oxygens (including phenoxy) is 1. The summed E-state index contributed by atoms with van der Waals surface area (Å²) in [5.41, 5.74) is 0.400. The second-order valence-corrected chi connectivity index (χ2v) is 5.16. The van der Waals surface area contributed by atoms with E-state index in [4.69, 9.17) is 9.26 Å². The van der Waals surface area contributed by atoms with Gasteiger partial charge in [0.2, 0.25) is 5.69 Å². The smallest absolute Gasteiger partial charge is 0.361 e. The van der Waals surface area contributed by atoms with Gasteiger partial charge in [0.05, 0.1) is 6.61 Å². The highest BCUT2D eigenvalue weighted by Gasteiger charge is 2.22. The summed E-state index contributed by atoms with van der Waals surface area (Å²) < 4.78 is 10.1. The summed E-state index contributed by atoms with van der Waals surface area (Å²) >= 11 is 0. The van der Waals surface area contributed by atoms with Crippen LogP contribution >= 0.6 is 0 Å². The number of carbonyl (C=O) groups is 1. The molecule has 0 saturated carbocycles. The van der Waals surface area contributed by atoms with Crippen LogP contribution in [0.4, 0.5) is 5.82 Å². The van der Waals surface area contributed by atoms with Crippen LogP contribution in [0.15, 0.2) is 4.52 Å². The van der Waals surface area contributed by atoms with E-state index in [1.807, 2.05) is 0 Å². The molecule has 0 atom stereocenters. The summed E-state index contributed by atoms with van der Waals surface area (Å²) in [5, 5.41) is 7.47. The number of aryl methyl sites for hydroxylation is 1. The van der Waals surface area contributed by atoms with Crippen molar-refractivity contribution in [2.75, 3.05) is 18.5 Å². The van der Waals surface area contributed by atoms with Crippen LogP contribution in [0.5, 0.6) is 0 Å². The van der Waals surface area contributed by atoms with Gasteiger partial charge in [0.25, 0.3) is 5.71 Å². The zero-order valence-corrected chi connectivity index (χ0v) is 12.8. The van der Waals surface area contributed by atoms with Gasteiger partial charge in [0.15, 0.2) is 0 Å². The molecule has 21 heavy (non-hydrogen) atoms. The molecule has 0 bridgehead atoms. The molecule has 2 aromatic heterocycles. The molecule has 0 saturated heterocycles. The van der Waals surface area contributed by atoms with E-state index in [1.165, 1.54) is 0 Å². The molecule has 0 unspecified atom stereocenters. The molecule has 0 aromatic carbocycles. The fourth-order valence-corrected chi connectivity index (χ4v) is 1.91. The topological polar surface area (TPSA) is 90.1 Å². The first-order valence-electron chi connectivity index (χ1n) is 7.08. The predicted molar refractivity (Wildman–Crippen MR) is 78.2 cm³/mol. The van der Waals surface area contributed by atoms with E-state index >= 15 is 0 Å². The molecule has 7 nitrogen and oxygen atoms in total. The lowest BCUT2D eigenvalue weighted by atomic mass is 10.1. The molecule has 0 aliphatic rings. The Balaban J connectivity index is 2.37. The zero-order valence-electron chi connectivity index (χ0n) is 12.8. The quantitative estimate of drug-likeness (QED) is 0.818. The first-order valence-corrected chi connectivity index (χ1v) is 7.08. The van der Waals surface area contributed by atoms with Gasteiger partial charge in [-0.15, -0.1) is 0 Å². The van der Waals surface area contributed by atoms with Crippen LogP contribution in [0, 0.1) is 12.8 Å². The van der Waals surface area contributed by atoms with Crippen LogP contribution in [-0.2, 0) is 4.74 Å². The van der Waals surface area contributed by atoms with Gasteiger partial charge in [-0.3, -0.25) is 0 Å². The number of fused-ring (bicyclic) bond motifs is 1. The third kappa shape index (κ3) is 3.48. The van der Waals surface area contributed by atoms with Crippen molar-refractivity contribution in [2.45, 2.75) is 34.1 Å². The summed E-state index contributed by atoms with van der Waals surface area (Å²) in [6.45, 7) is 8.81. The van der Waals surface area contributed by atoms with Crippen molar-refractivity contribution in [2.24, 2.45) is 5.92 Å². The Morgan fingerprint density at radius 2 is 2.14 bits per heavy atom. The predicted octanol–water partition coefficient (Wildman–Crippen LogP) is 2.56. The first kappa shape index (κ1) is 15.2. The highest BCUT2D eigenvalue weighted by Crippen LogP contribution is 2.25. The minimum Gasteiger partial charge on any atom is -0.461 e. The second-order valence-electron chi connectivity index (χ2n) is 5.16. The van der Waals surface area contributed by atoms with Gasteiger partial charge in [-0.1, -0.05) is 19.0 Å². The minimum absolute atomic E-state index is 0.110. The Hall–Kier alpha value is -2.18. The van der Waals surface area contributed by atoms with Crippen molar-refractivity contribution in [1.29, 1.82) is 0 Å². The van der Waals surface area contributed by atoms with E-state index in [-0.39, 0.29) is 18.0 Å². The van der Waals surface area contributed by atoms with Gasteiger partial charge in [-0.05, 0) is 26.2 Å². The maximum absolute atomic E-state index is 11.9. The van der Waals surface area contributed by atoms with Crippen LogP contribution in [0.2, 0.25) is 0 Å². The van der Waals surface area contributed by atoms with Crippen LogP contribution in [0.1, 0.15) is 43.5 Å². The normalized spacial score (nSPS) is 11.1. The van der Waals surface area contributed by atoms with Crippen molar-refractivity contribution in [3.05, 3.63) is 11.5 Å². The average molecular weight is 292 g/mol. The maximum atomic E-state index is 11.9. The Morgan fingerprint density at radius 1 is 1.38 bits per heavy atom. The second kappa shape index (κ2) is 6.51. The highest BCUT2D eigenvalue weighted by atomic mass is 16.5. The molecular weight excluding hydrogens is 272 g/mol. The van der Waals surface area contributed by atoms with Crippen molar-refractivity contribution in [3.63, 3.8) is 0 Å². The number of nitrogens with one attached hydrogen (secondary N) is 1. The number of nitrogens with zero attached hydrogens (tertiary/aromatic N) is 3. The molecule has 2 rings (SSSR count). The van der Waals surface area contributed by atoms with E-state index in [0.29, 0.717) is 22.9 Å². The lowest BCUT2D eigenvalue weighted by Gasteiger charge is -2.09. The summed E-state index contributed by atoms with van der Waals surface area (Å²) in [7, 11) is 0. The zero-order chi connectivity index (χ0) is 15.4. The standard InChI is InChI=1S/C14H20N4O3/c1-5-20-14(19)11-10-12(15-7-6-8(2)3)16-9(4)17-13(10)21-18-11/h8H,5-7H2,1-4H3,(H,15,16,17). The SMILES string of the molecule is CCOC(=O)c1noc2nc(C)nc(NCCC(C)C)c12. The van der Waals surface area contributed by atoms with Crippen molar-refractivity contribution in [1.82, 2.24) is 15.1 Å². The molecule has 0 aliphatic carbocycles. The average Bonchev–Trinajstić information content (AvgIpc) is 2.82. The van der Waals surface area contributed by atoms with Crippen LogP contribution in [-0.4, -0.2) is 34.2 Å². The maximum Gasteiger partial charge on any atom is 0.361 e. The number of hydrogen-bond acceptors (Lipinski definition) is 7. The third-order valence-corrected chi connectivity index (χ3v) is 2.93. The van der Waals surface area contributed by atoms with Crippen molar-refractivity contribution < 1.29 is 14.1 Å². The van der Waals surface area contributed by atoms with E-state index in [2.05, 4.69) is 34.3 Å². The van der Waals surface area contributed by atoms with Gasteiger partial charge < -0.3 is 14.6 Å². The molecule has 0 amide bonds. The molecule has 0 radical (unpaired) electrons. The number of hydrogen-bond donors (Lipinski definition) is 1. The summed E-state index contributed by atoms with van der Waals surface area (Å²) in [5.74, 6) is 1.15. The van der Waals surface area contributed by atoms with E-state index in [9.17, 15) is 4.79 Å². The Kier molecular flexibility index (Phi) is 4.72. The van der Waals surface area contributed by atoms with E-state index < -0.39 is 5.97 Å². The number of rotatable bonds is 6. The molecular formula is C14H20N4O3. The molecule has 7 heteroatoms. The Labute approximate surface area is 123 Å². The monoisotopic (exact) mass is 292 g/mol.